The number of nitrogens with zero attached hydrogens (tertiary/aromatic N) is 4. The van der Waals surface area contributed by atoms with E-state index >= 15 is 0 Å². The number of methoxy groups -OCH3 is 1. The summed E-state index contributed by atoms with van der Waals surface area (Å²) in [7, 11) is 1.30. The van der Waals surface area contributed by atoms with Crippen molar-refractivity contribution in [2.24, 2.45) is 0 Å². The minimum absolute atomic E-state index is 0.276. The topological polar surface area (TPSA) is 78.6 Å². The largest absolute Gasteiger partial charge is 0.465 e. The first-order valence-corrected chi connectivity index (χ1v) is 10.1. The number of aryl methyl sites for hydroxylation is 1. The van der Waals surface area contributed by atoms with E-state index in [-0.39, 0.29) is 6.61 Å². The number of hydrogen-bond donors (Lipinski definition) is 0. The summed E-state index contributed by atoms with van der Waals surface area (Å²) in [6.07, 6.45) is -2.31. The molecule has 32 heavy (non-hydrogen) atoms. The zero-order valence-electron chi connectivity index (χ0n) is 16.8. The molecule has 0 saturated heterocycles. The Labute approximate surface area is 182 Å². The molecule has 0 amide bonds. The van der Waals surface area contributed by atoms with Crippen LogP contribution in [0.1, 0.15) is 20.8 Å². The number of benzene rings is 1. The number of carbonyl (C=O) groups is 1. The van der Waals surface area contributed by atoms with Gasteiger partial charge in [0.25, 0.3) is 0 Å². The van der Waals surface area contributed by atoms with E-state index in [4.69, 9.17) is 9.47 Å². The van der Waals surface area contributed by atoms with Gasteiger partial charge in [-0.2, -0.15) is 8.78 Å². The van der Waals surface area contributed by atoms with Gasteiger partial charge in [-0.1, -0.05) is 18.2 Å². The van der Waals surface area contributed by atoms with Crippen LogP contribution in [-0.4, -0.2) is 51.6 Å². The van der Waals surface area contributed by atoms with Crippen LogP contribution >= 0.6 is 11.3 Å². The maximum absolute atomic E-state index is 13.0. The first-order valence-electron chi connectivity index (χ1n) is 9.27. The zero-order chi connectivity index (χ0) is 23.0. The van der Waals surface area contributed by atoms with Crippen LogP contribution < -0.4 is 0 Å². The van der Waals surface area contributed by atoms with Crippen molar-refractivity contribution in [3.05, 3.63) is 46.6 Å². The third kappa shape index (κ3) is 4.02. The molecule has 0 fully saturated rings. The summed E-state index contributed by atoms with van der Waals surface area (Å²) in [6.45, 7) is 0.112. The van der Waals surface area contributed by atoms with Crippen molar-refractivity contribution in [3.63, 3.8) is 0 Å². The van der Waals surface area contributed by atoms with Crippen LogP contribution in [0.5, 0.6) is 0 Å². The second kappa shape index (κ2) is 8.43. The SMILES string of the molecule is COC(=O)c1sc2ncn3nc(-c4cccc(COCC(F)(F)C(F)F)c4)nc3c2c1C. The van der Waals surface area contributed by atoms with E-state index in [1.54, 1.807) is 31.2 Å². The van der Waals surface area contributed by atoms with E-state index in [2.05, 4.69) is 15.1 Å². The highest BCUT2D eigenvalue weighted by Crippen LogP contribution is 2.33. The molecule has 3 heterocycles. The predicted octanol–water partition coefficient (Wildman–Crippen LogP) is 4.52. The summed E-state index contributed by atoms with van der Waals surface area (Å²) >= 11 is 1.19. The fourth-order valence-electron chi connectivity index (χ4n) is 3.11. The molecule has 4 rings (SSSR count). The fraction of sp³-hybridized carbons (Fsp3) is 0.300. The van der Waals surface area contributed by atoms with Crippen molar-refractivity contribution in [1.29, 1.82) is 0 Å². The fourth-order valence-corrected chi connectivity index (χ4v) is 4.17. The van der Waals surface area contributed by atoms with Gasteiger partial charge in [0.2, 0.25) is 0 Å². The van der Waals surface area contributed by atoms with Crippen molar-refractivity contribution in [2.45, 2.75) is 25.9 Å². The quantitative estimate of drug-likeness (QED) is 0.293. The molecule has 0 N–H and O–H groups in total. The Morgan fingerprint density at radius 2 is 2.09 bits per heavy atom. The van der Waals surface area contributed by atoms with Crippen molar-refractivity contribution < 1.29 is 31.8 Å². The lowest BCUT2D eigenvalue weighted by Crippen LogP contribution is -2.32. The van der Waals surface area contributed by atoms with Crippen molar-refractivity contribution >= 4 is 33.2 Å². The average molecular weight is 468 g/mol. The number of carbonyl (C=O) groups excluding carboxylic acids is 1. The number of halogens is 4. The molecular formula is C20H16F4N4O3S. The minimum Gasteiger partial charge on any atom is -0.465 e. The van der Waals surface area contributed by atoms with Crippen LogP contribution in [0.25, 0.3) is 27.3 Å². The highest BCUT2D eigenvalue weighted by atomic mass is 32.1. The Morgan fingerprint density at radius 3 is 2.81 bits per heavy atom. The Kier molecular flexibility index (Phi) is 5.82. The summed E-state index contributed by atoms with van der Waals surface area (Å²) in [5.74, 6) is -4.33. The van der Waals surface area contributed by atoms with Crippen molar-refractivity contribution in [2.75, 3.05) is 13.7 Å². The van der Waals surface area contributed by atoms with Gasteiger partial charge in [-0.05, 0) is 24.1 Å². The summed E-state index contributed by atoms with van der Waals surface area (Å²) in [5.41, 5.74) is 2.24. The highest BCUT2D eigenvalue weighted by molar-refractivity contribution is 7.20. The third-order valence-corrected chi connectivity index (χ3v) is 5.89. The number of esters is 1. The Balaban J connectivity index is 1.64. The van der Waals surface area contributed by atoms with E-state index in [0.717, 1.165) is 0 Å². The van der Waals surface area contributed by atoms with Crippen molar-refractivity contribution in [3.8, 4) is 11.4 Å². The maximum Gasteiger partial charge on any atom is 0.348 e. The van der Waals surface area contributed by atoms with E-state index in [9.17, 15) is 22.4 Å². The maximum atomic E-state index is 13.0. The average Bonchev–Trinajstić information content (AvgIpc) is 3.34. The standard InChI is InChI=1S/C20H16F4N4O3S/c1-10-13-16-26-15(27-28(16)9-25-17(13)32-14(10)18(29)30-2)12-5-3-4-11(6-12)7-31-8-20(23,24)19(21)22/h3-6,9,19H,7-8H2,1-2H3. The molecule has 12 heteroatoms. The molecule has 0 atom stereocenters. The van der Waals surface area contributed by atoms with Crippen LogP contribution in [0, 0.1) is 6.92 Å². The van der Waals surface area contributed by atoms with Gasteiger partial charge in [0.15, 0.2) is 11.5 Å². The van der Waals surface area contributed by atoms with Gasteiger partial charge in [0, 0.05) is 5.56 Å². The van der Waals surface area contributed by atoms with Gasteiger partial charge >= 0.3 is 18.3 Å². The lowest BCUT2D eigenvalue weighted by molar-refractivity contribution is -0.168. The zero-order valence-corrected chi connectivity index (χ0v) is 17.6. The van der Waals surface area contributed by atoms with Crippen LogP contribution in [-0.2, 0) is 16.1 Å². The smallest absolute Gasteiger partial charge is 0.348 e. The van der Waals surface area contributed by atoms with Gasteiger partial charge < -0.3 is 9.47 Å². The van der Waals surface area contributed by atoms with Crippen LogP contribution in [0.2, 0.25) is 0 Å². The van der Waals surface area contributed by atoms with Crippen molar-refractivity contribution in [1.82, 2.24) is 19.6 Å². The van der Waals surface area contributed by atoms with Gasteiger partial charge in [-0.3, -0.25) is 0 Å². The number of thiophene rings is 1. The van der Waals surface area contributed by atoms with Crippen LogP contribution in [0.3, 0.4) is 0 Å². The molecule has 0 aliphatic heterocycles. The molecule has 168 valence electrons. The normalized spacial score (nSPS) is 12.2. The second-order valence-corrected chi connectivity index (χ2v) is 7.93. The Morgan fingerprint density at radius 1 is 1.31 bits per heavy atom. The molecule has 0 bridgehead atoms. The minimum atomic E-state index is -4.21. The predicted molar refractivity (Wildman–Crippen MR) is 108 cm³/mol. The Bertz CT molecular complexity index is 1300. The molecule has 1 aromatic carbocycles. The molecule has 0 radical (unpaired) electrons. The van der Waals surface area contributed by atoms with Crippen LogP contribution in [0.15, 0.2) is 30.6 Å². The van der Waals surface area contributed by atoms with E-state index in [0.29, 0.717) is 43.3 Å². The third-order valence-electron chi connectivity index (χ3n) is 4.71. The molecule has 7 nitrogen and oxygen atoms in total. The number of rotatable bonds is 7. The lowest BCUT2D eigenvalue weighted by atomic mass is 10.1. The van der Waals surface area contributed by atoms with E-state index in [1.165, 1.54) is 29.3 Å². The molecule has 0 aliphatic rings. The molecule has 0 saturated carbocycles. The van der Waals surface area contributed by atoms with Gasteiger partial charge in [-0.25, -0.2) is 28.1 Å². The summed E-state index contributed by atoms with van der Waals surface area (Å²) < 4.78 is 61.6. The number of hydrogen-bond acceptors (Lipinski definition) is 7. The lowest BCUT2D eigenvalue weighted by Gasteiger charge is -2.15. The number of aromatic nitrogens is 4. The van der Waals surface area contributed by atoms with Crippen LogP contribution in [0.4, 0.5) is 17.6 Å². The monoisotopic (exact) mass is 468 g/mol. The van der Waals surface area contributed by atoms with Gasteiger partial charge in [0.05, 0.1) is 19.1 Å². The summed E-state index contributed by atoms with van der Waals surface area (Å²) in [5, 5.41) is 5.08. The highest BCUT2D eigenvalue weighted by Gasteiger charge is 2.40. The molecule has 3 aromatic heterocycles. The van der Waals surface area contributed by atoms with E-state index < -0.39 is 24.9 Å². The number of alkyl halides is 4. The number of fused-ring (bicyclic) bond motifs is 3. The number of ether oxygens (including phenoxy) is 2. The van der Waals surface area contributed by atoms with E-state index in [1.807, 2.05) is 0 Å². The molecule has 0 unspecified atom stereocenters. The van der Waals surface area contributed by atoms with Gasteiger partial charge in [-0.15, -0.1) is 16.4 Å². The Hall–Kier alpha value is -3.12. The molecule has 0 spiro atoms. The molecule has 4 aromatic rings. The molecular weight excluding hydrogens is 452 g/mol. The first kappa shape index (κ1) is 22.1. The van der Waals surface area contributed by atoms with Gasteiger partial charge in [0.1, 0.15) is 22.6 Å². The summed E-state index contributed by atoms with van der Waals surface area (Å²) in [4.78, 5) is 21.9. The second-order valence-electron chi connectivity index (χ2n) is 6.93. The summed E-state index contributed by atoms with van der Waals surface area (Å²) in [6, 6.07) is 6.62. The molecule has 0 aliphatic carbocycles. The first-order chi connectivity index (χ1) is 15.2.